The number of carboxylic acids is 1. The summed E-state index contributed by atoms with van der Waals surface area (Å²) >= 11 is 3.60. The number of halogens is 1. The van der Waals surface area contributed by atoms with E-state index in [-0.39, 0.29) is 6.42 Å². The number of para-hydroxylation sites is 1. The molecule has 0 radical (unpaired) electrons. The molecular weight excluding hydrogens is 440 g/mol. The van der Waals surface area contributed by atoms with Crippen LogP contribution in [0.5, 0.6) is 5.75 Å². The number of hydrogen-bond acceptors (Lipinski definition) is 2. The molecule has 0 spiro atoms. The number of fused-ring (bicyclic) bond motifs is 1. The second-order valence-electron chi connectivity index (χ2n) is 7.24. The zero-order chi connectivity index (χ0) is 21.1. The lowest BCUT2D eigenvalue weighted by Crippen LogP contribution is -1.97. The third-order valence-electron chi connectivity index (χ3n) is 5.20. The van der Waals surface area contributed by atoms with Crippen LogP contribution in [0, 0.1) is 0 Å². The second kappa shape index (κ2) is 8.72. The first kappa shape index (κ1) is 20.2. The maximum absolute atomic E-state index is 11.4. The maximum Gasteiger partial charge on any atom is 0.307 e. The van der Waals surface area contributed by atoms with Crippen molar-refractivity contribution in [2.75, 3.05) is 0 Å². The van der Waals surface area contributed by atoms with Gasteiger partial charge in [0.05, 0.1) is 6.42 Å². The van der Waals surface area contributed by atoms with Crippen molar-refractivity contribution >= 4 is 39.1 Å². The molecule has 0 saturated heterocycles. The Bertz CT molecular complexity index is 1160. The van der Waals surface area contributed by atoms with Crippen LogP contribution in [-0.2, 0) is 11.4 Å². The van der Waals surface area contributed by atoms with Crippen molar-refractivity contribution in [2.24, 2.45) is 0 Å². The van der Waals surface area contributed by atoms with Crippen molar-refractivity contribution in [3.8, 4) is 5.75 Å². The van der Waals surface area contributed by atoms with E-state index in [1.807, 2.05) is 67.6 Å². The molecule has 0 aromatic heterocycles. The summed E-state index contributed by atoms with van der Waals surface area (Å²) in [7, 11) is 0. The van der Waals surface area contributed by atoms with Crippen molar-refractivity contribution in [1.82, 2.24) is 0 Å². The van der Waals surface area contributed by atoms with Crippen LogP contribution in [-0.4, -0.2) is 11.1 Å². The molecular formula is C26H21BrO3. The van der Waals surface area contributed by atoms with Gasteiger partial charge in [0, 0.05) is 10.0 Å². The third kappa shape index (κ3) is 4.24. The standard InChI is InChI=1S/C26H21BrO3/c1-17-22(21-11-6-12-24(27)26(21)23(17)15-25(28)29)14-18-7-5-8-19(13-18)16-30-20-9-3-2-4-10-20/h2-14H,15-16H2,1H3,(H,28,29)/b22-14-. The highest BCUT2D eigenvalue weighted by atomic mass is 79.9. The van der Waals surface area contributed by atoms with Crippen LogP contribution in [0.15, 0.2) is 82.8 Å². The molecule has 3 aromatic carbocycles. The van der Waals surface area contributed by atoms with Gasteiger partial charge in [-0.25, -0.2) is 0 Å². The fourth-order valence-corrected chi connectivity index (χ4v) is 4.39. The first-order valence-corrected chi connectivity index (χ1v) is 10.5. The number of ether oxygens (including phenoxy) is 1. The zero-order valence-corrected chi connectivity index (χ0v) is 18.1. The number of benzene rings is 3. The number of aliphatic carboxylic acids is 1. The maximum atomic E-state index is 11.4. The highest BCUT2D eigenvalue weighted by Gasteiger charge is 2.26. The van der Waals surface area contributed by atoms with Gasteiger partial charge in [-0.05, 0) is 70.7 Å². The van der Waals surface area contributed by atoms with Crippen LogP contribution in [0.4, 0.5) is 0 Å². The van der Waals surface area contributed by atoms with E-state index < -0.39 is 5.97 Å². The summed E-state index contributed by atoms with van der Waals surface area (Å²) in [6.45, 7) is 2.49. The van der Waals surface area contributed by atoms with E-state index in [1.54, 1.807) is 0 Å². The van der Waals surface area contributed by atoms with Crippen LogP contribution >= 0.6 is 15.9 Å². The molecule has 3 aromatic rings. The second-order valence-corrected chi connectivity index (χ2v) is 8.10. The van der Waals surface area contributed by atoms with E-state index in [9.17, 15) is 9.90 Å². The Labute approximate surface area is 184 Å². The number of carbonyl (C=O) groups is 1. The van der Waals surface area contributed by atoms with Gasteiger partial charge in [-0.1, -0.05) is 64.5 Å². The normalized spacial score (nSPS) is 14.1. The number of rotatable bonds is 6. The quantitative estimate of drug-likeness (QED) is 0.438. The van der Waals surface area contributed by atoms with E-state index in [1.165, 1.54) is 0 Å². The molecule has 30 heavy (non-hydrogen) atoms. The molecule has 3 nitrogen and oxygen atoms in total. The van der Waals surface area contributed by atoms with Gasteiger partial charge >= 0.3 is 5.97 Å². The number of carboxylic acid groups (broad SMARTS) is 1. The predicted octanol–water partition coefficient (Wildman–Crippen LogP) is 6.83. The average Bonchev–Trinajstić information content (AvgIpc) is 3.00. The Morgan fingerprint density at radius 2 is 1.80 bits per heavy atom. The largest absolute Gasteiger partial charge is 0.489 e. The molecule has 1 aliphatic carbocycles. The molecule has 1 N–H and O–H groups in total. The van der Waals surface area contributed by atoms with Crippen LogP contribution in [0.25, 0.3) is 17.2 Å². The lowest BCUT2D eigenvalue weighted by Gasteiger charge is -2.08. The molecule has 0 heterocycles. The first-order valence-electron chi connectivity index (χ1n) is 9.72. The summed E-state index contributed by atoms with van der Waals surface area (Å²) in [6.07, 6.45) is 2.13. The third-order valence-corrected chi connectivity index (χ3v) is 5.86. The predicted molar refractivity (Wildman–Crippen MR) is 124 cm³/mol. The monoisotopic (exact) mass is 460 g/mol. The van der Waals surface area contributed by atoms with Crippen molar-refractivity contribution in [3.05, 3.63) is 105 Å². The molecule has 0 bridgehead atoms. The molecule has 1 aliphatic rings. The number of hydrogen-bond donors (Lipinski definition) is 1. The lowest BCUT2D eigenvalue weighted by molar-refractivity contribution is -0.135. The highest BCUT2D eigenvalue weighted by molar-refractivity contribution is 9.10. The van der Waals surface area contributed by atoms with Crippen molar-refractivity contribution in [2.45, 2.75) is 20.0 Å². The minimum absolute atomic E-state index is 0.00371. The van der Waals surface area contributed by atoms with Crippen LogP contribution in [0.1, 0.15) is 35.6 Å². The Morgan fingerprint density at radius 1 is 1.03 bits per heavy atom. The Kier molecular flexibility index (Phi) is 5.86. The average molecular weight is 461 g/mol. The van der Waals surface area contributed by atoms with Gasteiger partial charge < -0.3 is 9.84 Å². The molecule has 0 unspecified atom stereocenters. The Hall–Kier alpha value is -3.11. The topological polar surface area (TPSA) is 46.5 Å². The minimum atomic E-state index is -0.827. The summed E-state index contributed by atoms with van der Waals surface area (Å²) in [5, 5.41) is 9.39. The number of allylic oxidation sites excluding steroid dienone is 2. The van der Waals surface area contributed by atoms with Crippen LogP contribution in [0.3, 0.4) is 0 Å². The molecule has 4 rings (SSSR count). The van der Waals surface area contributed by atoms with Gasteiger partial charge in [0.1, 0.15) is 12.4 Å². The SMILES string of the molecule is CC1=C(CC(=O)O)c2c(Br)cccc2/C1=C\c1cccc(COc2ccccc2)c1. The molecule has 150 valence electrons. The summed E-state index contributed by atoms with van der Waals surface area (Å²) < 4.78 is 6.79. The van der Waals surface area contributed by atoms with Gasteiger partial charge in [0.2, 0.25) is 0 Å². The minimum Gasteiger partial charge on any atom is -0.489 e. The molecule has 0 saturated carbocycles. The van der Waals surface area contributed by atoms with E-state index >= 15 is 0 Å². The molecule has 4 heteroatoms. The summed E-state index contributed by atoms with van der Waals surface area (Å²) in [6, 6.07) is 24.0. The molecule has 0 aliphatic heterocycles. The molecule has 0 atom stereocenters. The smallest absolute Gasteiger partial charge is 0.307 e. The van der Waals surface area contributed by atoms with Crippen molar-refractivity contribution in [3.63, 3.8) is 0 Å². The summed E-state index contributed by atoms with van der Waals surface area (Å²) in [4.78, 5) is 11.4. The lowest BCUT2D eigenvalue weighted by atomic mass is 10.00. The van der Waals surface area contributed by atoms with E-state index in [4.69, 9.17) is 4.74 Å². The van der Waals surface area contributed by atoms with Crippen molar-refractivity contribution in [1.29, 1.82) is 0 Å². The van der Waals surface area contributed by atoms with E-state index in [0.29, 0.717) is 6.61 Å². The Morgan fingerprint density at radius 3 is 2.57 bits per heavy atom. The van der Waals surface area contributed by atoms with Gasteiger partial charge in [-0.2, -0.15) is 0 Å². The van der Waals surface area contributed by atoms with Crippen LogP contribution in [0.2, 0.25) is 0 Å². The summed E-state index contributed by atoms with van der Waals surface area (Å²) in [5.74, 6) is 0.0141. The van der Waals surface area contributed by atoms with Crippen LogP contribution < -0.4 is 4.74 Å². The van der Waals surface area contributed by atoms with E-state index in [0.717, 1.165) is 49.2 Å². The zero-order valence-electron chi connectivity index (χ0n) is 16.6. The van der Waals surface area contributed by atoms with Gasteiger partial charge in [-0.15, -0.1) is 0 Å². The van der Waals surface area contributed by atoms with E-state index in [2.05, 4.69) is 34.1 Å². The first-order chi connectivity index (χ1) is 14.5. The van der Waals surface area contributed by atoms with Gasteiger partial charge in [0.15, 0.2) is 0 Å². The molecule has 0 fully saturated rings. The Balaban J connectivity index is 1.67. The fraction of sp³-hybridized carbons (Fsp3) is 0.115. The molecule has 0 amide bonds. The fourth-order valence-electron chi connectivity index (χ4n) is 3.79. The summed E-state index contributed by atoms with van der Waals surface area (Å²) in [5.41, 5.74) is 7.10. The highest BCUT2D eigenvalue weighted by Crippen LogP contribution is 2.46. The van der Waals surface area contributed by atoms with Crippen molar-refractivity contribution < 1.29 is 14.6 Å². The van der Waals surface area contributed by atoms with Gasteiger partial charge in [-0.3, -0.25) is 4.79 Å². The van der Waals surface area contributed by atoms with Gasteiger partial charge in [0.25, 0.3) is 0 Å².